The zero-order valence-electron chi connectivity index (χ0n) is 13.2. The third-order valence-corrected chi connectivity index (χ3v) is 7.26. The molecule has 124 valence electrons. The molecule has 0 spiro atoms. The number of amides is 1. The molecule has 0 N–H and O–H groups in total. The van der Waals surface area contributed by atoms with Crippen molar-refractivity contribution in [2.24, 2.45) is 5.92 Å². The van der Waals surface area contributed by atoms with Crippen molar-refractivity contribution in [1.29, 1.82) is 0 Å². The Morgan fingerprint density at radius 3 is 2.43 bits per heavy atom. The molecule has 23 heavy (non-hydrogen) atoms. The van der Waals surface area contributed by atoms with Crippen molar-refractivity contribution in [2.75, 3.05) is 24.5 Å². The molecule has 1 aromatic carbocycles. The molecule has 1 saturated heterocycles. The van der Waals surface area contributed by atoms with Gasteiger partial charge in [-0.3, -0.25) is 4.79 Å². The van der Waals surface area contributed by atoms with Crippen molar-refractivity contribution in [1.82, 2.24) is 4.31 Å². The lowest BCUT2D eigenvalue weighted by atomic mass is 9.84. The molecule has 0 atom stereocenters. The predicted molar refractivity (Wildman–Crippen MR) is 87.8 cm³/mol. The molecular weight excluding hydrogens is 312 g/mol. The molecule has 2 fully saturated rings. The quantitative estimate of drug-likeness (QED) is 0.851. The fourth-order valence-corrected chi connectivity index (χ4v) is 5.29. The summed E-state index contributed by atoms with van der Waals surface area (Å²) in [6, 6.07) is 5.26. The van der Waals surface area contributed by atoms with Crippen LogP contribution in [-0.2, 0) is 21.2 Å². The Bertz CT molecular complexity index is 734. The molecule has 1 aliphatic carbocycles. The molecule has 2 aliphatic heterocycles. The number of anilines is 1. The molecule has 1 saturated carbocycles. The van der Waals surface area contributed by atoms with E-state index in [0.29, 0.717) is 24.5 Å². The number of hydrogen-bond donors (Lipinski definition) is 0. The van der Waals surface area contributed by atoms with Gasteiger partial charge in [0.2, 0.25) is 15.9 Å². The fourth-order valence-electron chi connectivity index (χ4n) is 3.72. The van der Waals surface area contributed by atoms with Gasteiger partial charge in [-0.25, -0.2) is 8.42 Å². The largest absolute Gasteiger partial charge is 0.312 e. The first-order valence-electron chi connectivity index (χ1n) is 8.52. The maximum Gasteiger partial charge on any atom is 0.243 e. The molecule has 5 nitrogen and oxygen atoms in total. The molecule has 3 aliphatic rings. The van der Waals surface area contributed by atoms with Gasteiger partial charge in [-0.2, -0.15) is 4.31 Å². The summed E-state index contributed by atoms with van der Waals surface area (Å²) in [4.78, 5) is 14.7. The minimum absolute atomic E-state index is 0.175. The lowest BCUT2D eigenvalue weighted by Gasteiger charge is -2.29. The molecule has 2 heterocycles. The third kappa shape index (κ3) is 2.48. The van der Waals surface area contributed by atoms with Gasteiger partial charge in [-0.15, -0.1) is 0 Å². The van der Waals surface area contributed by atoms with E-state index in [-0.39, 0.29) is 11.8 Å². The zero-order chi connectivity index (χ0) is 16.0. The molecule has 1 aromatic rings. The molecule has 4 rings (SSSR count). The topological polar surface area (TPSA) is 57.7 Å². The van der Waals surface area contributed by atoms with Gasteiger partial charge in [0.25, 0.3) is 0 Å². The van der Waals surface area contributed by atoms with Crippen LogP contribution in [-0.4, -0.2) is 38.3 Å². The van der Waals surface area contributed by atoms with Crippen LogP contribution in [0.3, 0.4) is 0 Å². The van der Waals surface area contributed by atoms with Crippen LogP contribution in [0.1, 0.15) is 37.7 Å². The highest BCUT2D eigenvalue weighted by atomic mass is 32.2. The number of nitrogens with zero attached hydrogens (tertiary/aromatic N) is 2. The van der Waals surface area contributed by atoms with E-state index in [1.54, 1.807) is 16.4 Å². The van der Waals surface area contributed by atoms with Crippen LogP contribution in [0.15, 0.2) is 23.1 Å². The van der Waals surface area contributed by atoms with Crippen LogP contribution in [0.25, 0.3) is 0 Å². The van der Waals surface area contributed by atoms with E-state index in [0.717, 1.165) is 49.8 Å². The number of carbonyl (C=O) groups excluding carboxylic acids is 1. The summed E-state index contributed by atoms with van der Waals surface area (Å²) in [5, 5.41) is 0. The van der Waals surface area contributed by atoms with Crippen LogP contribution in [0.5, 0.6) is 0 Å². The molecule has 0 radical (unpaired) electrons. The number of fused-ring (bicyclic) bond motifs is 1. The van der Waals surface area contributed by atoms with Crippen LogP contribution in [0.2, 0.25) is 0 Å². The second-order valence-electron chi connectivity index (χ2n) is 6.77. The van der Waals surface area contributed by atoms with Gasteiger partial charge in [-0.1, -0.05) is 6.42 Å². The summed E-state index contributed by atoms with van der Waals surface area (Å²) in [5.41, 5.74) is 1.89. The normalized spacial score (nSPS) is 22.2. The minimum atomic E-state index is -3.38. The Morgan fingerprint density at radius 2 is 1.78 bits per heavy atom. The minimum Gasteiger partial charge on any atom is -0.312 e. The van der Waals surface area contributed by atoms with E-state index >= 15 is 0 Å². The first-order chi connectivity index (χ1) is 11.1. The highest BCUT2D eigenvalue weighted by Gasteiger charge is 2.34. The van der Waals surface area contributed by atoms with Crippen molar-refractivity contribution in [3.8, 4) is 0 Å². The Balaban J connectivity index is 1.61. The molecule has 0 bridgehead atoms. The van der Waals surface area contributed by atoms with Gasteiger partial charge in [0.1, 0.15) is 0 Å². The van der Waals surface area contributed by atoms with E-state index in [1.165, 1.54) is 0 Å². The molecule has 6 heteroatoms. The Hall–Kier alpha value is -1.40. The Labute approximate surface area is 137 Å². The monoisotopic (exact) mass is 334 g/mol. The van der Waals surface area contributed by atoms with Gasteiger partial charge >= 0.3 is 0 Å². The summed E-state index contributed by atoms with van der Waals surface area (Å²) < 4.78 is 26.9. The molecule has 0 unspecified atom stereocenters. The van der Waals surface area contributed by atoms with Crippen molar-refractivity contribution in [3.63, 3.8) is 0 Å². The zero-order valence-corrected chi connectivity index (χ0v) is 14.0. The van der Waals surface area contributed by atoms with E-state index in [1.807, 2.05) is 11.0 Å². The van der Waals surface area contributed by atoms with Gasteiger partial charge in [0.05, 0.1) is 4.90 Å². The van der Waals surface area contributed by atoms with Gasteiger partial charge in [-0.05, 0) is 55.9 Å². The maximum atomic E-state index is 12.7. The average Bonchev–Trinajstić information content (AvgIpc) is 3.14. The first-order valence-corrected chi connectivity index (χ1v) is 9.96. The second-order valence-corrected chi connectivity index (χ2v) is 8.71. The molecule has 1 amide bonds. The van der Waals surface area contributed by atoms with Crippen molar-refractivity contribution >= 4 is 21.6 Å². The number of carbonyl (C=O) groups is 1. The summed E-state index contributed by atoms with van der Waals surface area (Å²) in [6.45, 7) is 1.91. The van der Waals surface area contributed by atoms with E-state index in [4.69, 9.17) is 0 Å². The van der Waals surface area contributed by atoms with Gasteiger partial charge in [0, 0.05) is 31.2 Å². The summed E-state index contributed by atoms with van der Waals surface area (Å²) in [7, 11) is -3.38. The van der Waals surface area contributed by atoms with Crippen LogP contribution < -0.4 is 4.90 Å². The summed E-state index contributed by atoms with van der Waals surface area (Å²) in [5.74, 6) is 0.388. The van der Waals surface area contributed by atoms with Crippen molar-refractivity contribution < 1.29 is 13.2 Å². The van der Waals surface area contributed by atoms with Crippen molar-refractivity contribution in [2.45, 2.75) is 43.4 Å². The first kappa shape index (κ1) is 15.1. The fraction of sp³-hybridized carbons (Fsp3) is 0.588. The van der Waals surface area contributed by atoms with Gasteiger partial charge < -0.3 is 4.90 Å². The van der Waals surface area contributed by atoms with Crippen LogP contribution >= 0.6 is 0 Å². The number of sulfonamides is 1. The summed E-state index contributed by atoms with van der Waals surface area (Å²) in [6.07, 6.45) is 5.75. The van der Waals surface area contributed by atoms with E-state index < -0.39 is 10.0 Å². The Morgan fingerprint density at radius 1 is 1.04 bits per heavy atom. The third-order valence-electron chi connectivity index (χ3n) is 5.37. The molecular formula is C17H22N2O3S. The van der Waals surface area contributed by atoms with Crippen LogP contribution in [0, 0.1) is 5.92 Å². The lowest BCUT2D eigenvalue weighted by Crippen LogP contribution is -2.37. The smallest absolute Gasteiger partial charge is 0.243 e. The SMILES string of the molecule is O=C(C1CCC1)N1CCc2cc(S(=O)(=O)N3CCCC3)ccc21. The standard InChI is InChI=1S/C17H22N2O3S/c20-17(13-4-3-5-13)19-11-8-14-12-15(6-7-16(14)19)23(21,22)18-9-1-2-10-18/h6-7,12-13H,1-5,8-11H2. The Kier molecular flexibility index (Phi) is 3.69. The van der Waals surface area contributed by atoms with Crippen LogP contribution in [0.4, 0.5) is 5.69 Å². The number of hydrogen-bond acceptors (Lipinski definition) is 3. The number of rotatable bonds is 3. The highest BCUT2D eigenvalue weighted by molar-refractivity contribution is 7.89. The lowest BCUT2D eigenvalue weighted by molar-refractivity contribution is -0.124. The van der Waals surface area contributed by atoms with E-state index in [9.17, 15) is 13.2 Å². The summed E-state index contributed by atoms with van der Waals surface area (Å²) >= 11 is 0. The van der Waals surface area contributed by atoms with Crippen molar-refractivity contribution in [3.05, 3.63) is 23.8 Å². The van der Waals surface area contributed by atoms with E-state index in [2.05, 4.69) is 0 Å². The second kappa shape index (κ2) is 5.60. The predicted octanol–water partition coefficient (Wildman–Crippen LogP) is 2.16. The highest BCUT2D eigenvalue weighted by Crippen LogP contribution is 2.36. The number of benzene rings is 1. The molecule has 0 aromatic heterocycles. The maximum absolute atomic E-state index is 12.7. The average molecular weight is 334 g/mol. The van der Waals surface area contributed by atoms with Gasteiger partial charge in [0.15, 0.2) is 0 Å².